The summed E-state index contributed by atoms with van der Waals surface area (Å²) in [5, 5.41) is 3.98. The highest BCUT2D eigenvalue weighted by molar-refractivity contribution is 4.88. The lowest BCUT2D eigenvalue weighted by Gasteiger charge is -2.42. The maximum absolute atomic E-state index is 3.98. The summed E-state index contributed by atoms with van der Waals surface area (Å²) in [5.41, 5.74) is 0. The number of hydrogen-bond acceptors (Lipinski definition) is 2. The topological polar surface area (TPSA) is 15.3 Å². The van der Waals surface area contributed by atoms with Gasteiger partial charge in [0.2, 0.25) is 0 Å². The zero-order valence-electron chi connectivity index (χ0n) is 12.7. The molecule has 0 aromatic heterocycles. The molecule has 1 N–H and O–H groups in total. The molecule has 1 aliphatic heterocycles. The van der Waals surface area contributed by atoms with Crippen LogP contribution >= 0.6 is 0 Å². The Labute approximate surface area is 119 Å². The van der Waals surface area contributed by atoms with Crippen LogP contribution in [-0.4, -0.2) is 36.6 Å². The van der Waals surface area contributed by atoms with Crippen molar-refractivity contribution in [1.82, 2.24) is 10.2 Å². The van der Waals surface area contributed by atoms with E-state index in [0.29, 0.717) is 0 Å². The summed E-state index contributed by atoms with van der Waals surface area (Å²) in [5.74, 6) is 1.97. The SMILES string of the molecule is CCC1CC(NC2CCCC2)CN(CC2CCC2)C1. The number of likely N-dealkylation sites (tertiary alicyclic amines) is 1. The van der Waals surface area contributed by atoms with Crippen LogP contribution in [0.25, 0.3) is 0 Å². The highest BCUT2D eigenvalue weighted by atomic mass is 15.2. The van der Waals surface area contributed by atoms with E-state index in [4.69, 9.17) is 0 Å². The van der Waals surface area contributed by atoms with E-state index >= 15 is 0 Å². The minimum atomic E-state index is 0.780. The summed E-state index contributed by atoms with van der Waals surface area (Å²) >= 11 is 0. The molecule has 2 atom stereocenters. The van der Waals surface area contributed by atoms with Crippen molar-refractivity contribution in [1.29, 1.82) is 0 Å². The highest BCUT2D eigenvalue weighted by Gasteiger charge is 2.30. The van der Waals surface area contributed by atoms with E-state index < -0.39 is 0 Å². The summed E-state index contributed by atoms with van der Waals surface area (Å²) in [6.45, 7) is 6.46. The van der Waals surface area contributed by atoms with Gasteiger partial charge in [-0.3, -0.25) is 0 Å². The van der Waals surface area contributed by atoms with Crippen molar-refractivity contribution in [2.24, 2.45) is 11.8 Å². The van der Waals surface area contributed by atoms with Crippen molar-refractivity contribution in [3.05, 3.63) is 0 Å². The number of rotatable bonds is 5. The molecule has 2 saturated carbocycles. The van der Waals surface area contributed by atoms with E-state index in [1.54, 1.807) is 0 Å². The molecule has 1 heterocycles. The Morgan fingerprint density at radius 1 is 0.895 bits per heavy atom. The third-order valence-corrected chi connectivity index (χ3v) is 5.76. The van der Waals surface area contributed by atoms with E-state index in [-0.39, 0.29) is 0 Å². The average Bonchev–Trinajstić information content (AvgIpc) is 2.86. The van der Waals surface area contributed by atoms with Crippen LogP contribution in [0.3, 0.4) is 0 Å². The Kier molecular flexibility index (Phi) is 4.81. The van der Waals surface area contributed by atoms with E-state index in [9.17, 15) is 0 Å². The van der Waals surface area contributed by atoms with Crippen molar-refractivity contribution in [3.8, 4) is 0 Å². The maximum Gasteiger partial charge on any atom is 0.0200 e. The van der Waals surface area contributed by atoms with Crippen LogP contribution in [0.4, 0.5) is 0 Å². The molecule has 2 unspecified atom stereocenters. The molecule has 3 fully saturated rings. The van der Waals surface area contributed by atoms with Crippen LogP contribution in [0.5, 0.6) is 0 Å². The Hall–Kier alpha value is -0.0800. The van der Waals surface area contributed by atoms with Gasteiger partial charge in [0.1, 0.15) is 0 Å². The molecule has 3 aliphatic rings. The van der Waals surface area contributed by atoms with Crippen molar-refractivity contribution in [2.75, 3.05) is 19.6 Å². The predicted octanol–water partition coefficient (Wildman–Crippen LogP) is 3.42. The third-order valence-electron chi connectivity index (χ3n) is 5.76. The lowest BCUT2D eigenvalue weighted by atomic mass is 9.83. The first-order valence-corrected chi connectivity index (χ1v) is 8.82. The third kappa shape index (κ3) is 3.72. The monoisotopic (exact) mass is 264 g/mol. The molecule has 110 valence electrons. The normalized spacial score (nSPS) is 34.6. The molecule has 0 radical (unpaired) electrons. The van der Waals surface area contributed by atoms with Crippen molar-refractivity contribution < 1.29 is 0 Å². The second-order valence-electron chi connectivity index (χ2n) is 7.37. The van der Waals surface area contributed by atoms with Crippen molar-refractivity contribution in [2.45, 2.75) is 76.8 Å². The Morgan fingerprint density at radius 2 is 1.68 bits per heavy atom. The largest absolute Gasteiger partial charge is 0.310 e. The Balaban J connectivity index is 1.50. The van der Waals surface area contributed by atoms with E-state index in [2.05, 4.69) is 17.1 Å². The number of piperidine rings is 1. The molecular formula is C17H32N2. The van der Waals surface area contributed by atoms with Gasteiger partial charge in [-0.25, -0.2) is 0 Å². The van der Waals surface area contributed by atoms with E-state index in [1.807, 2.05) is 0 Å². The number of nitrogens with one attached hydrogen (secondary N) is 1. The molecule has 0 amide bonds. The van der Waals surface area contributed by atoms with Gasteiger partial charge in [-0.05, 0) is 43.9 Å². The summed E-state index contributed by atoms with van der Waals surface area (Å²) < 4.78 is 0. The molecule has 0 bridgehead atoms. The van der Waals surface area contributed by atoms with Gasteiger partial charge in [-0.1, -0.05) is 32.6 Å². The number of hydrogen-bond donors (Lipinski definition) is 1. The molecule has 2 heteroatoms. The van der Waals surface area contributed by atoms with Crippen molar-refractivity contribution in [3.63, 3.8) is 0 Å². The van der Waals surface area contributed by atoms with Gasteiger partial charge in [-0.15, -0.1) is 0 Å². The lowest BCUT2D eigenvalue weighted by Crippen LogP contribution is -2.52. The average molecular weight is 264 g/mol. The summed E-state index contributed by atoms with van der Waals surface area (Å²) in [6.07, 6.45) is 13.0. The predicted molar refractivity (Wildman–Crippen MR) is 81.4 cm³/mol. The minimum Gasteiger partial charge on any atom is -0.310 e. The fourth-order valence-corrected chi connectivity index (χ4v) is 4.33. The van der Waals surface area contributed by atoms with Crippen molar-refractivity contribution >= 4 is 0 Å². The van der Waals surface area contributed by atoms with E-state index in [1.165, 1.54) is 77.4 Å². The van der Waals surface area contributed by atoms with Gasteiger partial charge in [0, 0.05) is 31.7 Å². The Morgan fingerprint density at radius 3 is 2.32 bits per heavy atom. The standard InChI is InChI=1S/C17H32N2/c1-2-14-10-17(18-16-8-3-4-9-16)13-19(11-14)12-15-6-5-7-15/h14-18H,2-13H2,1H3. The zero-order chi connectivity index (χ0) is 13.1. The fraction of sp³-hybridized carbons (Fsp3) is 1.00. The highest BCUT2D eigenvalue weighted by Crippen LogP contribution is 2.30. The summed E-state index contributed by atoms with van der Waals surface area (Å²) in [6, 6.07) is 1.62. The molecule has 2 aliphatic carbocycles. The first-order valence-electron chi connectivity index (χ1n) is 8.82. The van der Waals surface area contributed by atoms with Crippen LogP contribution in [0.15, 0.2) is 0 Å². The summed E-state index contributed by atoms with van der Waals surface area (Å²) in [7, 11) is 0. The van der Waals surface area contributed by atoms with Crippen LogP contribution < -0.4 is 5.32 Å². The summed E-state index contributed by atoms with van der Waals surface area (Å²) in [4.78, 5) is 2.79. The number of nitrogens with zero attached hydrogens (tertiary/aromatic N) is 1. The fourth-order valence-electron chi connectivity index (χ4n) is 4.33. The van der Waals surface area contributed by atoms with Gasteiger partial charge < -0.3 is 10.2 Å². The molecule has 1 saturated heterocycles. The molecule has 3 rings (SSSR count). The maximum atomic E-state index is 3.98. The molecule has 0 aromatic rings. The van der Waals surface area contributed by atoms with Gasteiger partial charge in [-0.2, -0.15) is 0 Å². The first kappa shape index (κ1) is 13.9. The van der Waals surface area contributed by atoms with Gasteiger partial charge >= 0.3 is 0 Å². The van der Waals surface area contributed by atoms with Crippen LogP contribution in [-0.2, 0) is 0 Å². The van der Waals surface area contributed by atoms with E-state index in [0.717, 1.165) is 23.9 Å². The smallest absolute Gasteiger partial charge is 0.0200 e. The second kappa shape index (κ2) is 6.58. The zero-order valence-corrected chi connectivity index (χ0v) is 12.7. The molecular weight excluding hydrogens is 232 g/mol. The lowest BCUT2D eigenvalue weighted by molar-refractivity contribution is 0.0967. The molecule has 0 spiro atoms. The van der Waals surface area contributed by atoms with Crippen LogP contribution in [0.2, 0.25) is 0 Å². The molecule has 0 aromatic carbocycles. The first-order chi connectivity index (χ1) is 9.33. The second-order valence-corrected chi connectivity index (χ2v) is 7.37. The van der Waals surface area contributed by atoms with Gasteiger partial charge in [0.25, 0.3) is 0 Å². The van der Waals surface area contributed by atoms with Crippen LogP contribution in [0.1, 0.15) is 64.7 Å². The van der Waals surface area contributed by atoms with Crippen LogP contribution in [0, 0.1) is 11.8 Å². The molecule has 2 nitrogen and oxygen atoms in total. The molecule has 19 heavy (non-hydrogen) atoms. The Bertz CT molecular complexity index is 266. The minimum absolute atomic E-state index is 0.780. The van der Waals surface area contributed by atoms with Gasteiger partial charge in [0.15, 0.2) is 0 Å². The quantitative estimate of drug-likeness (QED) is 0.818. The van der Waals surface area contributed by atoms with Gasteiger partial charge in [0.05, 0.1) is 0 Å².